The second kappa shape index (κ2) is 5.36. The Bertz CT molecular complexity index is 639. The first-order valence-electron chi connectivity index (χ1n) is 6.35. The van der Waals surface area contributed by atoms with Gasteiger partial charge in [0.1, 0.15) is 11.6 Å². The van der Waals surface area contributed by atoms with Crippen LogP contribution in [0.4, 0.5) is 5.13 Å². The van der Waals surface area contributed by atoms with E-state index in [9.17, 15) is 0 Å². The summed E-state index contributed by atoms with van der Waals surface area (Å²) in [5.41, 5.74) is 2.10. The highest BCUT2D eigenvalue weighted by Gasteiger charge is 2.04. The summed E-state index contributed by atoms with van der Waals surface area (Å²) in [5, 5.41) is 4.16. The van der Waals surface area contributed by atoms with Gasteiger partial charge >= 0.3 is 0 Å². The van der Waals surface area contributed by atoms with Crippen molar-refractivity contribution in [3.8, 4) is 0 Å². The van der Waals surface area contributed by atoms with Gasteiger partial charge in [0.05, 0.1) is 11.0 Å². The van der Waals surface area contributed by atoms with Crippen LogP contribution in [-0.4, -0.2) is 25.9 Å². The number of nitrogens with zero attached hydrogens (tertiary/aromatic N) is 3. The van der Waals surface area contributed by atoms with E-state index < -0.39 is 0 Å². The molecule has 19 heavy (non-hydrogen) atoms. The predicted octanol–water partition coefficient (Wildman–Crippen LogP) is 2.63. The van der Waals surface area contributed by atoms with Crippen LogP contribution < -0.4 is 5.32 Å². The van der Waals surface area contributed by atoms with Crippen molar-refractivity contribution in [2.24, 2.45) is 0 Å². The maximum atomic E-state index is 4.54. The van der Waals surface area contributed by atoms with Crippen LogP contribution in [-0.2, 0) is 12.8 Å². The molecule has 0 aliphatic carbocycles. The molecule has 3 aromatic rings. The fourth-order valence-corrected chi connectivity index (χ4v) is 2.56. The highest BCUT2D eigenvalue weighted by molar-refractivity contribution is 7.09. The molecule has 2 aromatic heterocycles. The van der Waals surface area contributed by atoms with E-state index in [1.807, 2.05) is 24.3 Å². The number of H-pyrrole nitrogens is 1. The van der Waals surface area contributed by atoms with Crippen LogP contribution in [0.1, 0.15) is 18.6 Å². The maximum absolute atomic E-state index is 4.54. The summed E-state index contributed by atoms with van der Waals surface area (Å²) in [5.74, 6) is 1.89. The molecule has 98 valence electrons. The van der Waals surface area contributed by atoms with Crippen molar-refractivity contribution in [2.75, 3.05) is 11.9 Å². The van der Waals surface area contributed by atoms with Crippen molar-refractivity contribution < 1.29 is 0 Å². The lowest BCUT2D eigenvalue weighted by molar-refractivity contribution is 0.927. The molecule has 0 fully saturated rings. The molecule has 5 nitrogen and oxygen atoms in total. The smallest absolute Gasteiger partial charge is 0.202 e. The number of rotatable bonds is 5. The van der Waals surface area contributed by atoms with Crippen molar-refractivity contribution in [1.29, 1.82) is 0 Å². The Morgan fingerprint density at radius 3 is 2.95 bits per heavy atom. The first-order chi connectivity index (χ1) is 9.35. The van der Waals surface area contributed by atoms with Gasteiger partial charge in [-0.1, -0.05) is 19.1 Å². The molecule has 1 aromatic carbocycles. The minimum absolute atomic E-state index is 0.804. The van der Waals surface area contributed by atoms with Crippen molar-refractivity contribution in [1.82, 2.24) is 19.3 Å². The van der Waals surface area contributed by atoms with Gasteiger partial charge in [-0.2, -0.15) is 4.37 Å². The lowest BCUT2D eigenvalue weighted by Gasteiger charge is -1.98. The van der Waals surface area contributed by atoms with Gasteiger partial charge in [-0.3, -0.25) is 0 Å². The summed E-state index contributed by atoms with van der Waals surface area (Å²) >= 11 is 1.41. The third-order valence-corrected chi connectivity index (χ3v) is 3.57. The number of benzene rings is 1. The van der Waals surface area contributed by atoms with Crippen molar-refractivity contribution in [3.05, 3.63) is 35.9 Å². The van der Waals surface area contributed by atoms with E-state index >= 15 is 0 Å². The van der Waals surface area contributed by atoms with E-state index in [1.54, 1.807) is 0 Å². The summed E-state index contributed by atoms with van der Waals surface area (Å²) in [4.78, 5) is 12.2. The van der Waals surface area contributed by atoms with Crippen LogP contribution in [0.25, 0.3) is 11.0 Å². The number of imidazole rings is 1. The predicted molar refractivity (Wildman–Crippen MR) is 77.6 cm³/mol. The summed E-state index contributed by atoms with van der Waals surface area (Å²) < 4.78 is 4.24. The Morgan fingerprint density at radius 1 is 1.26 bits per heavy atom. The number of aromatic nitrogens is 4. The topological polar surface area (TPSA) is 66.5 Å². The maximum Gasteiger partial charge on any atom is 0.202 e. The Kier molecular flexibility index (Phi) is 3.41. The number of nitrogens with one attached hydrogen (secondary N) is 2. The zero-order chi connectivity index (χ0) is 13.1. The van der Waals surface area contributed by atoms with Gasteiger partial charge in [0.2, 0.25) is 5.13 Å². The first kappa shape index (κ1) is 12.1. The zero-order valence-electron chi connectivity index (χ0n) is 10.7. The van der Waals surface area contributed by atoms with E-state index in [-0.39, 0.29) is 0 Å². The molecular formula is C13H15N5S. The summed E-state index contributed by atoms with van der Waals surface area (Å²) in [6, 6.07) is 8.06. The quantitative estimate of drug-likeness (QED) is 0.750. The number of hydrogen-bond acceptors (Lipinski definition) is 5. The Hall–Kier alpha value is -1.95. The molecule has 0 bridgehead atoms. The van der Waals surface area contributed by atoms with E-state index in [0.717, 1.165) is 47.2 Å². The molecule has 0 saturated heterocycles. The van der Waals surface area contributed by atoms with Gasteiger partial charge in [-0.25, -0.2) is 9.97 Å². The van der Waals surface area contributed by atoms with Crippen LogP contribution >= 0.6 is 11.5 Å². The zero-order valence-corrected chi connectivity index (χ0v) is 11.5. The monoisotopic (exact) mass is 273 g/mol. The number of anilines is 1. The first-order valence-corrected chi connectivity index (χ1v) is 7.12. The molecule has 0 aliphatic rings. The highest BCUT2D eigenvalue weighted by Crippen LogP contribution is 2.13. The summed E-state index contributed by atoms with van der Waals surface area (Å²) in [6.07, 6.45) is 1.72. The largest absolute Gasteiger partial charge is 0.360 e. The molecule has 2 N–H and O–H groups in total. The Labute approximate surface area is 115 Å². The molecule has 0 radical (unpaired) electrons. The average molecular weight is 273 g/mol. The Morgan fingerprint density at radius 2 is 2.16 bits per heavy atom. The van der Waals surface area contributed by atoms with Gasteiger partial charge in [0, 0.05) is 30.9 Å². The van der Waals surface area contributed by atoms with Crippen molar-refractivity contribution in [3.63, 3.8) is 0 Å². The number of aromatic amines is 1. The second-order valence-corrected chi connectivity index (χ2v) is 5.00. The fraction of sp³-hybridized carbons (Fsp3) is 0.308. The van der Waals surface area contributed by atoms with Crippen LogP contribution in [0, 0.1) is 0 Å². The summed E-state index contributed by atoms with van der Waals surface area (Å²) in [6.45, 7) is 2.86. The van der Waals surface area contributed by atoms with Crippen LogP contribution in [0.15, 0.2) is 24.3 Å². The molecule has 0 amide bonds. The Balaban J connectivity index is 1.59. The molecule has 0 aliphatic heterocycles. The number of aryl methyl sites for hydroxylation is 1. The highest BCUT2D eigenvalue weighted by atomic mass is 32.1. The molecule has 0 spiro atoms. The summed E-state index contributed by atoms with van der Waals surface area (Å²) in [7, 11) is 0. The second-order valence-electron chi connectivity index (χ2n) is 4.25. The minimum Gasteiger partial charge on any atom is -0.360 e. The molecule has 0 saturated carbocycles. The van der Waals surface area contributed by atoms with Gasteiger partial charge in [0.25, 0.3) is 0 Å². The van der Waals surface area contributed by atoms with Crippen LogP contribution in [0.5, 0.6) is 0 Å². The van der Waals surface area contributed by atoms with Gasteiger partial charge in [-0.15, -0.1) is 0 Å². The van der Waals surface area contributed by atoms with E-state index in [1.165, 1.54) is 11.5 Å². The van der Waals surface area contributed by atoms with Gasteiger partial charge in [0.15, 0.2) is 0 Å². The normalized spacial score (nSPS) is 11.0. The molecule has 3 rings (SSSR count). The number of hydrogen-bond donors (Lipinski definition) is 2. The fourth-order valence-electron chi connectivity index (χ4n) is 1.88. The molecular weight excluding hydrogens is 258 g/mol. The van der Waals surface area contributed by atoms with E-state index in [2.05, 4.69) is 31.6 Å². The van der Waals surface area contributed by atoms with Crippen molar-refractivity contribution in [2.45, 2.75) is 19.8 Å². The van der Waals surface area contributed by atoms with Crippen LogP contribution in [0.3, 0.4) is 0 Å². The minimum atomic E-state index is 0.804. The van der Waals surface area contributed by atoms with Gasteiger partial charge in [-0.05, 0) is 12.1 Å². The molecule has 0 unspecified atom stereocenters. The number of fused-ring (bicyclic) bond motifs is 1. The van der Waals surface area contributed by atoms with E-state index in [0.29, 0.717) is 0 Å². The van der Waals surface area contributed by atoms with Crippen LogP contribution in [0.2, 0.25) is 0 Å². The average Bonchev–Trinajstić information content (AvgIpc) is 3.04. The molecule has 0 atom stereocenters. The van der Waals surface area contributed by atoms with E-state index in [4.69, 9.17) is 0 Å². The lowest BCUT2D eigenvalue weighted by atomic mass is 10.3. The van der Waals surface area contributed by atoms with Gasteiger partial charge < -0.3 is 10.3 Å². The standard InChI is InChI=1S/C13H15N5S/c1-2-11-17-13(19-18-11)14-8-7-12-15-9-5-3-4-6-10(9)16-12/h3-6H,2,7-8H2,1H3,(H,15,16)(H,14,17,18). The lowest BCUT2D eigenvalue weighted by Crippen LogP contribution is -2.05. The molecule has 2 heterocycles. The molecule has 6 heteroatoms. The SMILES string of the molecule is CCc1nsc(NCCc2nc3ccccc3[nH]2)n1. The van der Waals surface area contributed by atoms with Crippen molar-refractivity contribution >= 4 is 27.7 Å². The number of para-hydroxylation sites is 2. The third kappa shape index (κ3) is 2.73. The third-order valence-electron chi connectivity index (χ3n) is 2.86.